The van der Waals surface area contributed by atoms with Gasteiger partial charge in [-0.3, -0.25) is 14.9 Å². The Labute approximate surface area is 120 Å². The number of rotatable bonds is 4. The summed E-state index contributed by atoms with van der Waals surface area (Å²) in [5.41, 5.74) is 3.80. The van der Waals surface area contributed by atoms with E-state index in [0.717, 1.165) is 28.6 Å². The number of sulfonamides is 1. The molecule has 1 aliphatic heterocycles. The van der Waals surface area contributed by atoms with Crippen molar-refractivity contribution in [1.82, 2.24) is 4.31 Å². The van der Waals surface area contributed by atoms with Crippen molar-refractivity contribution in [3.8, 4) is 0 Å². The second-order valence-corrected chi connectivity index (χ2v) is 6.74. The van der Waals surface area contributed by atoms with Gasteiger partial charge in [-0.2, -0.15) is 4.31 Å². The minimum absolute atomic E-state index is 0.00848. The Morgan fingerprint density at radius 1 is 1.38 bits per heavy atom. The Morgan fingerprint density at radius 2 is 1.95 bits per heavy atom. The molecule has 21 heavy (non-hydrogen) atoms. The van der Waals surface area contributed by atoms with Gasteiger partial charge in [-0.25, -0.2) is 8.42 Å². The number of carboxylic acid groups (broad SMARTS) is 1. The molecule has 3 N–H and O–H groups in total. The summed E-state index contributed by atoms with van der Waals surface area (Å²) >= 11 is 0. The Bertz CT molecular complexity index is 686. The van der Waals surface area contributed by atoms with Gasteiger partial charge in [0.2, 0.25) is 10.0 Å². The molecule has 1 aromatic carbocycles. The van der Waals surface area contributed by atoms with E-state index >= 15 is 0 Å². The number of aliphatic carboxylic acids is 1. The number of carbonyl (C=O) groups is 1. The molecule has 0 amide bonds. The van der Waals surface area contributed by atoms with Crippen LogP contribution in [0.3, 0.4) is 0 Å². The van der Waals surface area contributed by atoms with Gasteiger partial charge in [-0.15, -0.1) is 0 Å². The van der Waals surface area contributed by atoms with Crippen LogP contribution < -0.4 is 5.73 Å². The van der Waals surface area contributed by atoms with Crippen molar-refractivity contribution >= 4 is 21.7 Å². The zero-order valence-electron chi connectivity index (χ0n) is 10.8. The molecular formula is C11H13N3O6S. The Kier molecular flexibility index (Phi) is 3.70. The third-order valence-corrected chi connectivity index (χ3v) is 5.24. The average molecular weight is 315 g/mol. The summed E-state index contributed by atoms with van der Waals surface area (Å²) in [6, 6.07) is 4.39. The topological polar surface area (TPSA) is 144 Å². The molecule has 0 aromatic heterocycles. The molecule has 0 aliphatic carbocycles. The van der Waals surface area contributed by atoms with Crippen LogP contribution in [0.15, 0.2) is 29.2 Å². The Hall–Kier alpha value is -2.04. The fourth-order valence-electron chi connectivity index (χ4n) is 2.07. The lowest BCUT2D eigenvalue weighted by Gasteiger charge is -2.19. The second kappa shape index (κ2) is 5.06. The number of benzene rings is 1. The molecule has 0 saturated carbocycles. The van der Waals surface area contributed by atoms with Gasteiger partial charge in [0.05, 0.1) is 9.82 Å². The minimum atomic E-state index is -3.92. The van der Waals surface area contributed by atoms with Crippen molar-refractivity contribution in [2.24, 2.45) is 5.73 Å². The van der Waals surface area contributed by atoms with Crippen LogP contribution in [0, 0.1) is 10.1 Å². The van der Waals surface area contributed by atoms with Gasteiger partial charge in [-0.05, 0) is 18.6 Å². The molecule has 1 heterocycles. The van der Waals surface area contributed by atoms with Crippen LogP contribution in [-0.4, -0.2) is 47.4 Å². The van der Waals surface area contributed by atoms with Crippen LogP contribution in [0.5, 0.6) is 0 Å². The molecule has 1 atom stereocenters. The predicted octanol–water partition coefficient (Wildman–Crippen LogP) is -0.229. The second-order valence-electron chi connectivity index (χ2n) is 4.80. The number of carboxylic acids is 1. The third kappa shape index (κ3) is 2.73. The van der Waals surface area contributed by atoms with Gasteiger partial charge in [0.15, 0.2) is 0 Å². The third-order valence-electron chi connectivity index (χ3n) is 3.38. The molecule has 1 aromatic rings. The minimum Gasteiger partial charge on any atom is -0.480 e. The predicted molar refractivity (Wildman–Crippen MR) is 71.0 cm³/mol. The summed E-state index contributed by atoms with van der Waals surface area (Å²) in [4.78, 5) is 20.8. The maximum atomic E-state index is 12.3. The largest absolute Gasteiger partial charge is 0.480 e. The van der Waals surface area contributed by atoms with E-state index in [9.17, 15) is 23.3 Å². The molecule has 1 saturated heterocycles. The van der Waals surface area contributed by atoms with E-state index in [4.69, 9.17) is 10.8 Å². The molecule has 0 bridgehead atoms. The highest BCUT2D eigenvalue weighted by Crippen LogP contribution is 2.26. The molecule has 1 unspecified atom stereocenters. The molecule has 9 nitrogen and oxygen atoms in total. The van der Waals surface area contributed by atoms with Crippen LogP contribution in [0.25, 0.3) is 0 Å². The normalized spacial score (nSPS) is 23.1. The van der Waals surface area contributed by atoms with Gasteiger partial charge >= 0.3 is 5.97 Å². The van der Waals surface area contributed by atoms with Crippen molar-refractivity contribution in [1.29, 1.82) is 0 Å². The van der Waals surface area contributed by atoms with E-state index in [0.29, 0.717) is 0 Å². The van der Waals surface area contributed by atoms with Crippen LogP contribution in [-0.2, 0) is 14.8 Å². The maximum Gasteiger partial charge on any atom is 0.325 e. The molecular weight excluding hydrogens is 302 g/mol. The lowest BCUT2D eigenvalue weighted by Crippen LogP contribution is -2.50. The van der Waals surface area contributed by atoms with Crippen molar-refractivity contribution in [2.45, 2.75) is 16.9 Å². The first-order chi connectivity index (χ1) is 9.67. The van der Waals surface area contributed by atoms with Crippen molar-refractivity contribution in [2.75, 3.05) is 13.1 Å². The van der Waals surface area contributed by atoms with Gasteiger partial charge in [-0.1, -0.05) is 0 Å². The fraction of sp³-hybridized carbons (Fsp3) is 0.364. The molecule has 114 valence electrons. The summed E-state index contributed by atoms with van der Waals surface area (Å²) in [5, 5.41) is 19.5. The number of non-ortho nitro benzene ring substituents is 1. The number of hydrogen-bond donors (Lipinski definition) is 2. The van der Waals surface area contributed by atoms with E-state index < -0.39 is 26.5 Å². The maximum absolute atomic E-state index is 12.3. The zero-order chi connectivity index (χ0) is 15.8. The van der Waals surface area contributed by atoms with E-state index in [1.165, 1.54) is 0 Å². The van der Waals surface area contributed by atoms with Gasteiger partial charge in [0.25, 0.3) is 5.69 Å². The lowest BCUT2D eigenvalue weighted by atomic mass is 10.0. The van der Waals surface area contributed by atoms with Crippen LogP contribution in [0.4, 0.5) is 5.69 Å². The molecule has 1 aliphatic rings. The SMILES string of the molecule is NC1(C(=O)O)CCN(S(=O)(=O)c2ccc([N+](=O)[O-])cc2)C1. The number of nitrogens with two attached hydrogens (primary N) is 1. The summed E-state index contributed by atoms with van der Waals surface area (Å²) in [5.74, 6) is -1.26. The van der Waals surface area contributed by atoms with E-state index in [-0.39, 0.29) is 30.1 Å². The summed E-state index contributed by atoms with van der Waals surface area (Å²) in [6.07, 6.45) is 0.00848. The fourth-order valence-corrected chi connectivity index (χ4v) is 3.58. The summed E-state index contributed by atoms with van der Waals surface area (Å²) in [6.45, 7) is -0.343. The molecule has 1 fully saturated rings. The van der Waals surface area contributed by atoms with Gasteiger partial charge in [0, 0.05) is 25.2 Å². The number of hydrogen-bond acceptors (Lipinski definition) is 6. The smallest absolute Gasteiger partial charge is 0.325 e. The number of nitro benzene ring substituents is 1. The highest BCUT2D eigenvalue weighted by molar-refractivity contribution is 7.89. The van der Waals surface area contributed by atoms with Crippen LogP contribution in [0.2, 0.25) is 0 Å². The van der Waals surface area contributed by atoms with Crippen LogP contribution in [0.1, 0.15) is 6.42 Å². The summed E-state index contributed by atoms with van der Waals surface area (Å²) < 4.78 is 25.6. The van der Waals surface area contributed by atoms with Gasteiger partial charge in [0.1, 0.15) is 5.54 Å². The standard InChI is InChI=1S/C11H13N3O6S/c12-11(10(15)16)5-6-13(7-11)21(19,20)9-3-1-8(2-4-9)14(17)18/h1-4H,5-7,12H2,(H,15,16). The van der Waals surface area contributed by atoms with Crippen molar-refractivity contribution in [3.63, 3.8) is 0 Å². The molecule has 2 rings (SSSR count). The lowest BCUT2D eigenvalue weighted by molar-refractivity contribution is -0.384. The Morgan fingerprint density at radius 3 is 2.38 bits per heavy atom. The van der Waals surface area contributed by atoms with E-state index in [1.807, 2.05) is 0 Å². The van der Waals surface area contributed by atoms with Gasteiger partial charge < -0.3 is 10.8 Å². The molecule has 10 heteroatoms. The quantitative estimate of drug-likeness (QED) is 0.576. The molecule has 0 radical (unpaired) electrons. The van der Waals surface area contributed by atoms with E-state index in [1.54, 1.807) is 0 Å². The first-order valence-electron chi connectivity index (χ1n) is 5.94. The first-order valence-corrected chi connectivity index (χ1v) is 7.38. The Balaban J connectivity index is 2.27. The number of nitrogens with zero attached hydrogens (tertiary/aromatic N) is 2. The average Bonchev–Trinajstić information content (AvgIpc) is 2.84. The monoisotopic (exact) mass is 315 g/mol. The first kappa shape index (κ1) is 15.4. The zero-order valence-corrected chi connectivity index (χ0v) is 11.6. The highest BCUT2D eigenvalue weighted by Gasteiger charge is 2.45. The highest BCUT2D eigenvalue weighted by atomic mass is 32.2. The van der Waals surface area contributed by atoms with E-state index in [2.05, 4.69) is 0 Å². The van der Waals surface area contributed by atoms with Crippen molar-refractivity contribution in [3.05, 3.63) is 34.4 Å². The van der Waals surface area contributed by atoms with Crippen molar-refractivity contribution < 1.29 is 23.2 Å². The van der Waals surface area contributed by atoms with Crippen LogP contribution >= 0.6 is 0 Å². The number of nitro groups is 1. The summed E-state index contributed by atoms with van der Waals surface area (Å²) in [7, 11) is -3.92. The molecule has 0 spiro atoms.